The molecular formula is C15H18Cl3NO10. The van der Waals surface area contributed by atoms with Gasteiger partial charge in [0, 0.05) is 20.8 Å². The zero-order chi connectivity index (χ0) is 22.5. The lowest BCUT2D eigenvalue weighted by atomic mass is 9.97. The maximum Gasteiger partial charge on any atom is 0.339 e. The maximum atomic E-state index is 12.2. The molecule has 0 aromatic carbocycles. The van der Waals surface area contributed by atoms with E-state index in [-0.39, 0.29) is 0 Å². The van der Waals surface area contributed by atoms with Crippen LogP contribution in [0.3, 0.4) is 0 Å². The molecule has 0 aromatic heterocycles. The molecule has 0 amide bonds. The zero-order valence-electron chi connectivity index (χ0n) is 15.6. The quantitative estimate of drug-likeness (QED) is 0.200. The number of nitrogens with one attached hydrogen (secondary N) is 1. The summed E-state index contributed by atoms with van der Waals surface area (Å²) in [5.74, 6) is -4.59. The predicted molar refractivity (Wildman–Crippen MR) is 96.4 cm³/mol. The molecule has 1 aliphatic heterocycles. The molecular weight excluding hydrogens is 461 g/mol. The molecule has 0 radical (unpaired) electrons. The van der Waals surface area contributed by atoms with Gasteiger partial charge in [-0.05, 0) is 0 Å². The normalized spacial score (nSPS) is 26.7. The van der Waals surface area contributed by atoms with Gasteiger partial charge in [0.1, 0.15) is 0 Å². The van der Waals surface area contributed by atoms with Gasteiger partial charge < -0.3 is 28.4 Å². The van der Waals surface area contributed by atoms with Crippen LogP contribution in [-0.4, -0.2) is 71.4 Å². The average Bonchev–Trinajstić information content (AvgIpc) is 2.56. The number of carbonyl (C=O) groups is 4. The van der Waals surface area contributed by atoms with Crippen LogP contribution in [0.5, 0.6) is 0 Å². The molecule has 11 nitrogen and oxygen atoms in total. The van der Waals surface area contributed by atoms with Gasteiger partial charge in [0.25, 0.3) is 3.79 Å². The topological polar surface area (TPSA) is 148 Å². The summed E-state index contributed by atoms with van der Waals surface area (Å²) in [7, 11) is 1.02. The molecule has 1 N–H and O–H groups in total. The van der Waals surface area contributed by atoms with Crippen molar-refractivity contribution in [3.05, 3.63) is 0 Å². The fourth-order valence-electron chi connectivity index (χ4n) is 2.36. The van der Waals surface area contributed by atoms with Crippen LogP contribution in [0, 0.1) is 5.41 Å². The van der Waals surface area contributed by atoms with Crippen molar-refractivity contribution in [2.75, 3.05) is 7.11 Å². The highest BCUT2D eigenvalue weighted by Gasteiger charge is 2.56. The average molecular weight is 479 g/mol. The number of halogens is 3. The van der Waals surface area contributed by atoms with E-state index in [4.69, 9.17) is 63.9 Å². The van der Waals surface area contributed by atoms with Crippen molar-refractivity contribution in [1.82, 2.24) is 0 Å². The SMILES string of the molecule is COC(=O)[C@H]1OC(OC(=N)C(Cl)(Cl)Cl)[C@H](OC(C)=O)[C@@H](OC(C)=O)[C@@H]1OC(C)=O. The van der Waals surface area contributed by atoms with Crippen molar-refractivity contribution < 1.29 is 47.6 Å². The summed E-state index contributed by atoms with van der Waals surface area (Å²) in [5, 5.41) is 7.69. The van der Waals surface area contributed by atoms with Gasteiger partial charge in [0.15, 0.2) is 18.3 Å². The van der Waals surface area contributed by atoms with Crippen LogP contribution in [0.25, 0.3) is 0 Å². The van der Waals surface area contributed by atoms with Crippen LogP contribution >= 0.6 is 34.8 Å². The Morgan fingerprint density at radius 3 is 1.69 bits per heavy atom. The minimum absolute atomic E-state index is 0.861. The molecule has 1 heterocycles. The van der Waals surface area contributed by atoms with Gasteiger partial charge in [-0.15, -0.1) is 0 Å². The first kappa shape index (κ1) is 25.2. The Labute approximate surface area is 180 Å². The highest BCUT2D eigenvalue weighted by molar-refractivity contribution is 6.76. The summed E-state index contributed by atoms with van der Waals surface area (Å²) in [5.41, 5.74) is 0. The summed E-state index contributed by atoms with van der Waals surface area (Å²) < 4.78 is 28.0. The van der Waals surface area contributed by atoms with E-state index in [1.165, 1.54) is 0 Å². The van der Waals surface area contributed by atoms with Crippen molar-refractivity contribution in [2.24, 2.45) is 0 Å². The fraction of sp³-hybridized carbons (Fsp3) is 0.667. The lowest BCUT2D eigenvalue weighted by Gasteiger charge is -2.43. The van der Waals surface area contributed by atoms with Crippen LogP contribution in [0.4, 0.5) is 0 Å². The molecule has 5 atom stereocenters. The van der Waals surface area contributed by atoms with Crippen molar-refractivity contribution in [1.29, 1.82) is 5.41 Å². The Balaban J connectivity index is 3.44. The summed E-state index contributed by atoms with van der Waals surface area (Å²) in [6, 6.07) is 0. The lowest BCUT2D eigenvalue weighted by Crippen LogP contribution is -2.64. The van der Waals surface area contributed by atoms with Crippen LogP contribution in [-0.2, 0) is 47.6 Å². The van der Waals surface area contributed by atoms with Gasteiger partial charge in [-0.25, -0.2) is 4.79 Å². The van der Waals surface area contributed by atoms with E-state index in [0.717, 1.165) is 27.9 Å². The summed E-state index contributed by atoms with van der Waals surface area (Å²) in [6.45, 7) is 3.08. The number of methoxy groups -OCH3 is 1. The minimum atomic E-state index is -2.32. The molecule has 0 spiro atoms. The standard InChI is InChI=1S/C15H18Cl3NO10/c1-5(20)25-8-9(26-6(2)21)11(27-7(3)22)13(28-10(8)12(23)24-4)29-14(19)15(16,17)18/h8-11,13,19H,1-4H3/t8-,9-,10-,11+,13?/m0/s1. The number of hydrogen-bond acceptors (Lipinski definition) is 11. The Bertz CT molecular complexity index is 680. The number of carbonyl (C=O) groups excluding carboxylic acids is 4. The smallest absolute Gasteiger partial charge is 0.339 e. The minimum Gasteiger partial charge on any atom is -0.467 e. The van der Waals surface area contributed by atoms with Gasteiger partial charge >= 0.3 is 23.9 Å². The van der Waals surface area contributed by atoms with Crippen molar-refractivity contribution in [3.8, 4) is 0 Å². The van der Waals surface area contributed by atoms with Crippen molar-refractivity contribution in [3.63, 3.8) is 0 Å². The van der Waals surface area contributed by atoms with E-state index in [0.29, 0.717) is 0 Å². The zero-order valence-corrected chi connectivity index (χ0v) is 17.9. The molecule has 0 aliphatic carbocycles. The molecule has 1 saturated heterocycles. The Morgan fingerprint density at radius 2 is 1.28 bits per heavy atom. The Hall–Kier alpha value is -1.82. The van der Waals surface area contributed by atoms with E-state index in [9.17, 15) is 19.2 Å². The lowest BCUT2D eigenvalue weighted by molar-refractivity contribution is -0.285. The third-order valence-electron chi connectivity index (χ3n) is 3.33. The summed E-state index contributed by atoms with van der Waals surface area (Å²) in [6.07, 6.45) is -8.20. The number of ether oxygens (including phenoxy) is 6. The van der Waals surface area contributed by atoms with E-state index in [1.807, 2.05) is 0 Å². The van der Waals surface area contributed by atoms with Gasteiger partial charge in [0.2, 0.25) is 18.3 Å². The summed E-state index contributed by atoms with van der Waals surface area (Å²) in [4.78, 5) is 46.9. The molecule has 0 saturated carbocycles. The van der Waals surface area contributed by atoms with Gasteiger partial charge in [-0.1, -0.05) is 34.8 Å². The van der Waals surface area contributed by atoms with E-state index in [2.05, 4.69) is 4.74 Å². The second kappa shape index (κ2) is 10.3. The molecule has 0 bridgehead atoms. The molecule has 14 heteroatoms. The van der Waals surface area contributed by atoms with E-state index < -0.39 is 64.3 Å². The number of alkyl halides is 3. The second-order valence-electron chi connectivity index (χ2n) is 5.62. The monoisotopic (exact) mass is 477 g/mol. The molecule has 0 aromatic rings. The van der Waals surface area contributed by atoms with Crippen molar-refractivity contribution >= 4 is 64.6 Å². The summed E-state index contributed by atoms with van der Waals surface area (Å²) >= 11 is 16.7. The number of hydrogen-bond donors (Lipinski definition) is 1. The first-order valence-electron chi connectivity index (χ1n) is 7.85. The molecule has 1 unspecified atom stereocenters. The number of rotatable bonds is 5. The first-order chi connectivity index (χ1) is 13.3. The fourth-order valence-corrected chi connectivity index (χ4v) is 2.49. The van der Waals surface area contributed by atoms with Crippen molar-refractivity contribution in [2.45, 2.75) is 55.3 Å². The van der Waals surface area contributed by atoms with E-state index >= 15 is 0 Å². The highest BCUT2D eigenvalue weighted by atomic mass is 35.6. The Kier molecular flexibility index (Phi) is 8.94. The maximum absolute atomic E-state index is 12.2. The van der Waals surface area contributed by atoms with Crippen LogP contribution in [0.2, 0.25) is 0 Å². The largest absolute Gasteiger partial charge is 0.467 e. The molecule has 164 valence electrons. The molecule has 1 fully saturated rings. The molecule has 29 heavy (non-hydrogen) atoms. The molecule has 1 rings (SSSR count). The first-order valence-corrected chi connectivity index (χ1v) is 8.98. The third-order valence-corrected chi connectivity index (χ3v) is 3.84. The van der Waals surface area contributed by atoms with Gasteiger partial charge in [0.05, 0.1) is 7.11 Å². The Morgan fingerprint density at radius 1 is 0.828 bits per heavy atom. The van der Waals surface area contributed by atoms with Gasteiger partial charge in [-0.2, -0.15) is 0 Å². The second-order valence-corrected chi connectivity index (χ2v) is 7.90. The van der Waals surface area contributed by atoms with Crippen LogP contribution in [0.15, 0.2) is 0 Å². The highest BCUT2D eigenvalue weighted by Crippen LogP contribution is 2.33. The van der Waals surface area contributed by atoms with E-state index in [1.54, 1.807) is 0 Å². The predicted octanol–water partition coefficient (Wildman–Crippen LogP) is 1.04. The number of esters is 4. The van der Waals surface area contributed by atoms with Crippen LogP contribution in [0.1, 0.15) is 20.8 Å². The molecule has 1 aliphatic rings. The van der Waals surface area contributed by atoms with Gasteiger partial charge in [-0.3, -0.25) is 19.8 Å². The van der Waals surface area contributed by atoms with Crippen LogP contribution < -0.4 is 0 Å². The third kappa shape index (κ3) is 7.18.